The third-order valence-electron chi connectivity index (χ3n) is 4.49. The number of carbonyl (C=O) groups excluding carboxylic acids is 1. The Balaban J connectivity index is 1.98. The van der Waals surface area contributed by atoms with E-state index in [1.807, 2.05) is 6.08 Å². The highest BCUT2D eigenvalue weighted by Gasteiger charge is 2.29. The van der Waals surface area contributed by atoms with Gasteiger partial charge in [-0.25, -0.2) is 0 Å². The number of hydrogen-bond acceptors (Lipinski definition) is 3. The first-order valence-electron chi connectivity index (χ1n) is 8.07. The Labute approximate surface area is 131 Å². The van der Waals surface area contributed by atoms with Crippen LogP contribution in [0.2, 0.25) is 0 Å². The van der Waals surface area contributed by atoms with Crippen LogP contribution in [-0.4, -0.2) is 42.8 Å². The number of hydrogen-bond donors (Lipinski definition) is 1. The molecule has 2 heterocycles. The van der Waals surface area contributed by atoms with Gasteiger partial charge in [0, 0.05) is 36.9 Å². The molecule has 1 amide bonds. The lowest BCUT2D eigenvalue weighted by Crippen LogP contribution is -2.36. The molecule has 0 spiro atoms. The molecule has 0 atom stereocenters. The third kappa shape index (κ3) is 2.77. The second-order valence-electron chi connectivity index (χ2n) is 6.15. The van der Waals surface area contributed by atoms with Gasteiger partial charge in [0.05, 0.1) is 18.9 Å². The average molecular weight is 303 g/mol. The van der Waals surface area contributed by atoms with Crippen LogP contribution in [0.25, 0.3) is 0 Å². The van der Waals surface area contributed by atoms with E-state index < -0.39 is 0 Å². The molecule has 120 valence electrons. The Hall–Kier alpha value is -1.75. The van der Waals surface area contributed by atoms with Crippen molar-refractivity contribution in [2.24, 2.45) is 0 Å². The van der Waals surface area contributed by atoms with Crippen LogP contribution in [0.15, 0.2) is 12.7 Å². The molecule has 5 heteroatoms. The van der Waals surface area contributed by atoms with Crippen LogP contribution < -0.4 is 10.2 Å². The zero-order valence-electron chi connectivity index (χ0n) is 13.5. The first-order chi connectivity index (χ1) is 10.6. The van der Waals surface area contributed by atoms with Crippen molar-refractivity contribution in [2.75, 3.05) is 31.2 Å². The normalized spacial score (nSPS) is 18.4. The Morgan fingerprint density at radius 1 is 1.36 bits per heavy atom. The number of nitrogens with zero attached hydrogens (tertiary/aromatic N) is 2. The maximum absolute atomic E-state index is 12.7. The molecule has 0 unspecified atom stereocenters. The molecule has 2 aliphatic rings. The topological polar surface area (TPSA) is 46.5 Å². The summed E-state index contributed by atoms with van der Waals surface area (Å²) in [5.41, 5.74) is 4.18. The van der Waals surface area contributed by atoms with Crippen LogP contribution in [0.1, 0.15) is 34.6 Å². The minimum atomic E-state index is 0.0458. The Morgan fingerprint density at radius 3 is 2.64 bits per heavy atom. The molecular weight excluding hydrogens is 278 g/mol. The van der Waals surface area contributed by atoms with Crippen LogP contribution in [0.4, 0.5) is 5.69 Å². The quantitative estimate of drug-likeness (QED) is 0.847. The van der Waals surface area contributed by atoms with E-state index in [9.17, 15) is 4.79 Å². The maximum atomic E-state index is 12.7. The predicted molar refractivity (Wildman–Crippen MR) is 87.6 cm³/mol. The van der Waals surface area contributed by atoms with Gasteiger partial charge in [-0.3, -0.25) is 4.79 Å². The highest BCUT2D eigenvalue weighted by atomic mass is 16.5. The second-order valence-corrected chi connectivity index (χ2v) is 6.15. The number of rotatable bonds is 5. The Morgan fingerprint density at radius 2 is 2.05 bits per heavy atom. The number of anilines is 1. The van der Waals surface area contributed by atoms with E-state index >= 15 is 0 Å². The third-order valence-corrected chi connectivity index (χ3v) is 4.49. The van der Waals surface area contributed by atoms with Crippen molar-refractivity contribution < 1.29 is 9.53 Å². The molecule has 3 rings (SSSR count). The highest BCUT2D eigenvalue weighted by molar-refractivity contribution is 5.97. The fourth-order valence-electron chi connectivity index (χ4n) is 3.27. The lowest BCUT2D eigenvalue weighted by molar-refractivity contribution is 0.0941. The Kier molecular flexibility index (Phi) is 4.25. The van der Waals surface area contributed by atoms with Crippen molar-refractivity contribution in [3.8, 4) is 0 Å². The summed E-state index contributed by atoms with van der Waals surface area (Å²) in [5.74, 6) is 0.0458. The molecule has 2 fully saturated rings. The van der Waals surface area contributed by atoms with Crippen LogP contribution in [0, 0.1) is 13.8 Å². The molecule has 1 aliphatic heterocycles. The van der Waals surface area contributed by atoms with Gasteiger partial charge in [-0.05, 0) is 26.7 Å². The smallest absolute Gasteiger partial charge is 0.268 e. The maximum Gasteiger partial charge on any atom is 0.268 e. The fraction of sp³-hybridized carbons (Fsp3) is 0.588. The van der Waals surface area contributed by atoms with Gasteiger partial charge in [-0.1, -0.05) is 6.08 Å². The SMILES string of the molecule is C=CCn1c(C)c(N2CCOCC2)c(C)c1C(=O)NC1CC1. The summed E-state index contributed by atoms with van der Waals surface area (Å²) < 4.78 is 7.54. The molecular formula is C17H25N3O2. The van der Waals surface area contributed by atoms with Crippen LogP contribution in [0.3, 0.4) is 0 Å². The monoisotopic (exact) mass is 303 g/mol. The zero-order chi connectivity index (χ0) is 15.7. The van der Waals surface area contributed by atoms with E-state index in [0.29, 0.717) is 12.6 Å². The predicted octanol–water partition coefficient (Wildman–Crippen LogP) is 2.02. The summed E-state index contributed by atoms with van der Waals surface area (Å²) >= 11 is 0. The van der Waals surface area contributed by atoms with Gasteiger partial charge in [0.2, 0.25) is 0 Å². The van der Waals surface area contributed by atoms with Crippen molar-refractivity contribution in [1.82, 2.24) is 9.88 Å². The molecule has 1 saturated carbocycles. The van der Waals surface area contributed by atoms with Gasteiger partial charge in [0.15, 0.2) is 0 Å². The van der Waals surface area contributed by atoms with Crippen molar-refractivity contribution in [3.05, 3.63) is 29.6 Å². The molecule has 1 aromatic rings. The standard InChI is InChI=1S/C17H25N3O2/c1-4-7-20-13(3)15(19-8-10-22-11-9-19)12(2)16(20)17(21)18-14-5-6-14/h4,14H,1,5-11H2,2-3H3,(H,18,21). The number of amides is 1. The molecule has 0 bridgehead atoms. The number of morpholine rings is 1. The van der Waals surface area contributed by atoms with Gasteiger partial charge >= 0.3 is 0 Å². The number of carbonyl (C=O) groups is 1. The number of allylic oxidation sites excluding steroid dienone is 1. The van der Waals surface area contributed by atoms with E-state index in [1.54, 1.807) is 0 Å². The summed E-state index contributed by atoms with van der Waals surface area (Å²) in [6.45, 7) is 11.9. The number of aromatic nitrogens is 1. The zero-order valence-corrected chi connectivity index (χ0v) is 13.5. The lowest BCUT2D eigenvalue weighted by Gasteiger charge is -2.29. The molecule has 1 saturated heterocycles. The van der Waals surface area contributed by atoms with Gasteiger partial charge in [-0.15, -0.1) is 6.58 Å². The van der Waals surface area contributed by atoms with E-state index in [-0.39, 0.29) is 5.91 Å². The largest absolute Gasteiger partial charge is 0.378 e. The molecule has 22 heavy (non-hydrogen) atoms. The van der Waals surface area contributed by atoms with Crippen LogP contribution in [-0.2, 0) is 11.3 Å². The molecule has 5 nitrogen and oxygen atoms in total. The average Bonchev–Trinajstić information content (AvgIpc) is 3.27. The minimum absolute atomic E-state index is 0.0458. The van der Waals surface area contributed by atoms with Gasteiger partial charge in [0.1, 0.15) is 5.69 Å². The van der Waals surface area contributed by atoms with Gasteiger partial charge in [-0.2, -0.15) is 0 Å². The van der Waals surface area contributed by atoms with E-state index in [2.05, 4.69) is 35.2 Å². The second kappa shape index (κ2) is 6.16. The van der Waals surface area contributed by atoms with Gasteiger partial charge < -0.3 is 19.5 Å². The summed E-state index contributed by atoms with van der Waals surface area (Å²) in [6, 6.07) is 0.367. The van der Waals surface area contributed by atoms with Gasteiger partial charge in [0.25, 0.3) is 5.91 Å². The van der Waals surface area contributed by atoms with Crippen molar-refractivity contribution >= 4 is 11.6 Å². The Bertz CT molecular complexity index is 581. The lowest BCUT2D eigenvalue weighted by atomic mass is 10.2. The summed E-state index contributed by atoms with van der Waals surface area (Å²) in [6.07, 6.45) is 4.05. The summed E-state index contributed by atoms with van der Waals surface area (Å²) in [7, 11) is 0. The number of ether oxygens (including phenoxy) is 1. The molecule has 1 N–H and O–H groups in total. The van der Waals surface area contributed by atoms with Crippen LogP contribution >= 0.6 is 0 Å². The molecule has 0 aromatic carbocycles. The highest BCUT2D eigenvalue weighted by Crippen LogP contribution is 2.32. The first-order valence-corrected chi connectivity index (χ1v) is 8.07. The van der Waals surface area contributed by atoms with E-state index in [0.717, 1.165) is 56.1 Å². The summed E-state index contributed by atoms with van der Waals surface area (Å²) in [4.78, 5) is 15.0. The van der Waals surface area contributed by atoms with Crippen LogP contribution in [0.5, 0.6) is 0 Å². The number of nitrogens with one attached hydrogen (secondary N) is 1. The molecule has 0 radical (unpaired) electrons. The summed E-state index contributed by atoms with van der Waals surface area (Å²) in [5, 5.41) is 3.12. The van der Waals surface area contributed by atoms with E-state index in [4.69, 9.17) is 4.74 Å². The minimum Gasteiger partial charge on any atom is -0.378 e. The molecule has 1 aromatic heterocycles. The van der Waals surface area contributed by atoms with Crippen molar-refractivity contribution in [1.29, 1.82) is 0 Å². The fourth-order valence-corrected chi connectivity index (χ4v) is 3.27. The molecule has 1 aliphatic carbocycles. The first kappa shape index (κ1) is 15.2. The van der Waals surface area contributed by atoms with Crippen molar-refractivity contribution in [3.63, 3.8) is 0 Å². The van der Waals surface area contributed by atoms with E-state index in [1.165, 1.54) is 5.69 Å². The van der Waals surface area contributed by atoms with Crippen molar-refractivity contribution in [2.45, 2.75) is 39.3 Å².